The molecular formula is C18H24F3N3O2. The first-order valence-electron chi connectivity index (χ1n) is 8.67. The standard InChI is InChI=1S/C18H24F3N3O2/c1-13(25)23-16-3-2-10-24(12-16)17(26)11-22-15-6-4-14(5-7-15)8-9-18(19,20)21/h4-7,16,22H,2-3,8-12H2,1H3,(H,23,25). The molecule has 5 nitrogen and oxygen atoms in total. The van der Waals surface area contributed by atoms with Gasteiger partial charge in [-0.15, -0.1) is 0 Å². The van der Waals surface area contributed by atoms with Crippen LogP contribution in [0.2, 0.25) is 0 Å². The van der Waals surface area contributed by atoms with Gasteiger partial charge in [0, 0.05) is 38.2 Å². The number of hydrogen-bond donors (Lipinski definition) is 2. The summed E-state index contributed by atoms with van der Waals surface area (Å²) in [5.41, 5.74) is 1.29. The molecule has 1 aromatic rings. The largest absolute Gasteiger partial charge is 0.389 e. The number of anilines is 1. The molecule has 0 spiro atoms. The first kappa shape index (κ1) is 20.1. The van der Waals surface area contributed by atoms with Crippen molar-refractivity contribution < 1.29 is 22.8 Å². The maximum absolute atomic E-state index is 12.3. The second-order valence-corrected chi connectivity index (χ2v) is 6.55. The topological polar surface area (TPSA) is 61.4 Å². The highest BCUT2D eigenvalue weighted by Gasteiger charge is 2.26. The van der Waals surface area contributed by atoms with Crippen molar-refractivity contribution in [1.82, 2.24) is 10.2 Å². The lowest BCUT2D eigenvalue weighted by molar-refractivity contribution is -0.134. The number of alkyl halides is 3. The predicted octanol–water partition coefficient (Wildman–Crippen LogP) is 2.72. The summed E-state index contributed by atoms with van der Waals surface area (Å²) in [7, 11) is 0. The Morgan fingerprint density at radius 2 is 1.92 bits per heavy atom. The summed E-state index contributed by atoms with van der Waals surface area (Å²) in [6, 6.07) is 6.60. The van der Waals surface area contributed by atoms with E-state index in [0.717, 1.165) is 12.8 Å². The first-order valence-corrected chi connectivity index (χ1v) is 8.67. The molecule has 1 atom stereocenters. The van der Waals surface area contributed by atoms with Crippen LogP contribution in [-0.2, 0) is 16.0 Å². The van der Waals surface area contributed by atoms with Crippen molar-refractivity contribution in [3.63, 3.8) is 0 Å². The number of rotatable bonds is 6. The van der Waals surface area contributed by atoms with Gasteiger partial charge in [0.2, 0.25) is 11.8 Å². The van der Waals surface area contributed by atoms with E-state index in [-0.39, 0.29) is 30.8 Å². The van der Waals surface area contributed by atoms with E-state index < -0.39 is 12.6 Å². The summed E-state index contributed by atoms with van der Waals surface area (Å²) in [6.45, 7) is 2.72. The van der Waals surface area contributed by atoms with Crippen LogP contribution in [0.15, 0.2) is 24.3 Å². The molecule has 0 radical (unpaired) electrons. The lowest BCUT2D eigenvalue weighted by Gasteiger charge is -2.33. The number of benzene rings is 1. The molecule has 2 rings (SSSR count). The third kappa shape index (κ3) is 6.93. The minimum Gasteiger partial charge on any atom is -0.376 e. The SMILES string of the molecule is CC(=O)NC1CCCN(C(=O)CNc2ccc(CCC(F)(F)F)cc2)C1. The maximum Gasteiger partial charge on any atom is 0.389 e. The summed E-state index contributed by atoms with van der Waals surface area (Å²) in [5.74, 6) is -0.172. The molecule has 1 aromatic carbocycles. The van der Waals surface area contributed by atoms with E-state index >= 15 is 0 Å². The van der Waals surface area contributed by atoms with E-state index in [2.05, 4.69) is 10.6 Å². The van der Waals surface area contributed by atoms with Crippen LogP contribution in [0.25, 0.3) is 0 Å². The molecule has 1 heterocycles. The molecule has 2 amide bonds. The smallest absolute Gasteiger partial charge is 0.376 e. The number of halogens is 3. The highest BCUT2D eigenvalue weighted by atomic mass is 19.4. The summed E-state index contributed by atoms with van der Waals surface area (Å²) in [4.78, 5) is 25.2. The number of carbonyl (C=O) groups is 2. The van der Waals surface area contributed by atoms with Crippen molar-refractivity contribution in [2.45, 2.75) is 44.8 Å². The number of nitrogens with one attached hydrogen (secondary N) is 2. The molecule has 0 saturated carbocycles. The van der Waals surface area contributed by atoms with Crippen LogP contribution in [0.3, 0.4) is 0 Å². The summed E-state index contributed by atoms with van der Waals surface area (Å²) in [6.07, 6.45) is -3.36. The Kier molecular flexibility index (Phi) is 6.88. The molecular weight excluding hydrogens is 347 g/mol. The van der Waals surface area contributed by atoms with Gasteiger partial charge in [-0.05, 0) is 37.0 Å². The zero-order chi connectivity index (χ0) is 19.2. The molecule has 26 heavy (non-hydrogen) atoms. The van der Waals surface area contributed by atoms with Crippen LogP contribution in [0.4, 0.5) is 18.9 Å². The Morgan fingerprint density at radius 1 is 1.23 bits per heavy atom. The highest BCUT2D eigenvalue weighted by molar-refractivity contribution is 5.81. The van der Waals surface area contributed by atoms with Gasteiger partial charge in [0.1, 0.15) is 0 Å². The van der Waals surface area contributed by atoms with Gasteiger partial charge in [-0.3, -0.25) is 9.59 Å². The molecule has 1 aliphatic rings. The lowest BCUT2D eigenvalue weighted by Crippen LogP contribution is -2.50. The third-order valence-electron chi connectivity index (χ3n) is 4.28. The zero-order valence-corrected chi connectivity index (χ0v) is 14.7. The minimum atomic E-state index is -4.16. The van der Waals surface area contributed by atoms with Crippen LogP contribution in [0, 0.1) is 0 Å². The van der Waals surface area contributed by atoms with E-state index in [1.807, 2.05) is 0 Å². The third-order valence-corrected chi connectivity index (χ3v) is 4.28. The Balaban J connectivity index is 1.78. The van der Waals surface area contributed by atoms with Crippen molar-refractivity contribution >= 4 is 17.5 Å². The Morgan fingerprint density at radius 3 is 2.54 bits per heavy atom. The van der Waals surface area contributed by atoms with Crippen LogP contribution < -0.4 is 10.6 Å². The molecule has 1 fully saturated rings. The van der Waals surface area contributed by atoms with Crippen molar-refractivity contribution in [1.29, 1.82) is 0 Å². The van der Waals surface area contributed by atoms with Crippen LogP contribution in [0.5, 0.6) is 0 Å². The van der Waals surface area contributed by atoms with Crippen molar-refractivity contribution in [2.24, 2.45) is 0 Å². The Labute approximate surface area is 150 Å². The molecule has 0 bridgehead atoms. The van der Waals surface area contributed by atoms with Gasteiger partial charge in [0.05, 0.1) is 6.54 Å². The Hall–Kier alpha value is -2.25. The molecule has 144 valence electrons. The molecule has 8 heteroatoms. The van der Waals surface area contributed by atoms with E-state index in [4.69, 9.17) is 0 Å². The van der Waals surface area contributed by atoms with Gasteiger partial charge in [-0.25, -0.2) is 0 Å². The second kappa shape index (κ2) is 8.91. The normalized spacial score (nSPS) is 17.7. The number of likely N-dealkylation sites (tertiary alicyclic amines) is 1. The maximum atomic E-state index is 12.3. The molecule has 1 aliphatic heterocycles. The minimum absolute atomic E-state index is 0.0156. The second-order valence-electron chi connectivity index (χ2n) is 6.55. The average molecular weight is 371 g/mol. The monoisotopic (exact) mass is 371 g/mol. The fraction of sp³-hybridized carbons (Fsp3) is 0.556. The average Bonchev–Trinajstić information content (AvgIpc) is 2.58. The summed E-state index contributed by atoms with van der Waals surface area (Å²) < 4.78 is 36.7. The summed E-state index contributed by atoms with van der Waals surface area (Å²) >= 11 is 0. The quantitative estimate of drug-likeness (QED) is 0.808. The number of piperidine rings is 1. The fourth-order valence-electron chi connectivity index (χ4n) is 2.97. The van der Waals surface area contributed by atoms with E-state index in [0.29, 0.717) is 24.3 Å². The fourth-order valence-corrected chi connectivity index (χ4v) is 2.97. The van der Waals surface area contributed by atoms with Gasteiger partial charge in [0.25, 0.3) is 0 Å². The lowest BCUT2D eigenvalue weighted by atomic mass is 10.1. The predicted molar refractivity (Wildman–Crippen MR) is 92.7 cm³/mol. The van der Waals surface area contributed by atoms with Gasteiger partial charge < -0.3 is 15.5 Å². The Bertz CT molecular complexity index is 617. The van der Waals surface area contributed by atoms with Crippen molar-refractivity contribution in [3.05, 3.63) is 29.8 Å². The van der Waals surface area contributed by atoms with Gasteiger partial charge in [-0.2, -0.15) is 13.2 Å². The molecule has 0 aliphatic carbocycles. The van der Waals surface area contributed by atoms with E-state index in [1.54, 1.807) is 29.2 Å². The number of hydrogen-bond acceptors (Lipinski definition) is 3. The molecule has 1 saturated heterocycles. The van der Waals surface area contributed by atoms with Crippen molar-refractivity contribution in [2.75, 3.05) is 25.0 Å². The highest BCUT2D eigenvalue weighted by Crippen LogP contribution is 2.22. The van der Waals surface area contributed by atoms with E-state index in [1.165, 1.54) is 6.92 Å². The van der Waals surface area contributed by atoms with Gasteiger partial charge in [0.15, 0.2) is 0 Å². The van der Waals surface area contributed by atoms with Crippen LogP contribution in [-0.4, -0.2) is 48.6 Å². The number of amides is 2. The molecule has 1 unspecified atom stereocenters. The number of carbonyl (C=O) groups excluding carboxylic acids is 2. The molecule has 0 aromatic heterocycles. The van der Waals surface area contributed by atoms with Crippen LogP contribution in [0.1, 0.15) is 31.7 Å². The van der Waals surface area contributed by atoms with Crippen molar-refractivity contribution in [3.8, 4) is 0 Å². The van der Waals surface area contributed by atoms with Gasteiger partial charge in [-0.1, -0.05) is 12.1 Å². The van der Waals surface area contributed by atoms with Gasteiger partial charge >= 0.3 is 6.18 Å². The molecule has 2 N–H and O–H groups in total. The van der Waals surface area contributed by atoms with Crippen LogP contribution >= 0.6 is 0 Å². The first-order chi connectivity index (χ1) is 12.2. The van der Waals surface area contributed by atoms with E-state index in [9.17, 15) is 22.8 Å². The number of aryl methyl sites for hydroxylation is 1. The zero-order valence-electron chi connectivity index (χ0n) is 14.7. The summed E-state index contributed by atoms with van der Waals surface area (Å²) in [5, 5.41) is 5.83. The number of nitrogens with zero attached hydrogens (tertiary/aromatic N) is 1.